The highest BCUT2D eigenvalue weighted by Gasteiger charge is 2.21. The third-order valence-corrected chi connectivity index (χ3v) is 10.3. The van der Waals surface area contributed by atoms with E-state index in [1.54, 1.807) is 38.1 Å². The normalized spacial score (nSPS) is 11.6. The molecule has 0 aliphatic rings. The first-order valence-electron chi connectivity index (χ1n) is 15.8. The summed E-state index contributed by atoms with van der Waals surface area (Å²) in [6.45, 7) is 3.43. The molecule has 6 aromatic rings. The Bertz CT molecular complexity index is 2600. The van der Waals surface area contributed by atoms with E-state index < -0.39 is 47.9 Å². The molecular formula is C37H30N4O11S2. The van der Waals surface area contributed by atoms with Gasteiger partial charge in [-0.25, -0.2) is 4.79 Å². The predicted octanol–water partition coefficient (Wildman–Crippen LogP) is 6.28. The van der Waals surface area contributed by atoms with Gasteiger partial charge in [0, 0.05) is 44.0 Å². The van der Waals surface area contributed by atoms with Gasteiger partial charge in [-0.1, -0.05) is 36.4 Å². The topological polar surface area (TPSA) is 249 Å². The molecule has 6 aromatic carbocycles. The molecule has 17 heteroatoms. The van der Waals surface area contributed by atoms with Gasteiger partial charge in [-0.15, -0.1) is 0 Å². The van der Waals surface area contributed by atoms with Gasteiger partial charge in [0.05, 0.1) is 11.4 Å². The summed E-state index contributed by atoms with van der Waals surface area (Å²) >= 11 is 0. The number of anilines is 4. The number of phenolic OH excluding ortho intramolecular Hbond substituents is 2. The van der Waals surface area contributed by atoms with Gasteiger partial charge < -0.3 is 20.8 Å². The molecule has 276 valence electrons. The van der Waals surface area contributed by atoms with E-state index in [2.05, 4.69) is 21.3 Å². The average Bonchev–Trinajstić information content (AvgIpc) is 3.09. The van der Waals surface area contributed by atoms with Gasteiger partial charge in [0.2, 0.25) is 0 Å². The Hall–Kier alpha value is -6.53. The van der Waals surface area contributed by atoms with Crippen LogP contribution >= 0.6 is 0 Å². The summed E-state index contributed by atoms with van der Waals surface area (Å²) in [4.78, 5) is 38.2. The number of aromatic hydroxyl groups is 2. The van der Waals surface area contributed by atoms with Gasteiger partial charge in [0.15, 0.2) is 0 Å². The number of carbonyl (C=O) groups excluding carboxylic acids is 3. The maximum absolute atomic E-state index is 13.1. The minimum Gasteiger partial charge on any atom is -0.507 e. The zero-order valence-electron chi connectivity index (χ0n) is 28.2. The lowest BCUT2D eigenvalue weighted by Crippen LogP contribution is -2.42. The lowest BCUT2D eigenvalue weighted by atomic mass is 10.1. The summed E-state index contributed by atoms with van der Waals surface area (Å²) in [5.41, 5.74) is 2.51. The van der Waals surface area contributed by atoms with Gasteiger partial charge in [-0.2, -0.15) is 16.8 Å². The van der Waals surface area contributed by atoms with Gasteiger partial charge in [-0.3, -0.25) is 29.3 Å². The fourth-order valence-corrected chi connectivity index (χ4v) is 7.22. The van der Waals surface area contributed by atoms with Crippen LogP contribution in [0.5, 0.6) is 11.5 Å². The number of aryl methyl sites for hydroxylation is 2. The Labute approximate surface area is 307 Å². The number of rotatable bonds is 8. The van der Waals surface area contributed by atoms with Crippen molar-refractivity contribution in [1.82, 2.24) is 10.6 Å². The Kier molecular flexibility index (Phi) is 9.74. The molecule has 6 rings (SSSR count). The molecular weight excluding hydrogens is 741 g/mol. The molecule has 54 heavy (non-hydrogen) atoms. The van der Waals surface area contributed by atoms with E-state index in [-0.39, 0.29) is 55.5 Å². The van der Waals surface area contributed by atoms with Crippen LogP contribution in [0.4, 0.5) is 27.5 Å². The van der Waals surface area contributed by atoms with E-state index >= 15 is 0 Å². The van der Waals surface area contributed by atoms with Gasteiger partial charge in [0.1, 0.15) is 21.3 Å². The molecule has 0 atom stereocenters. The summed E-state index contributed by atoms with van der Waals surface area (Å²) in [6, 6.07) is 21.1. The summed E-state index contributed by atoms with van der Waals surface area (Å²) in [7, 11) is -9.24. The SMILES string of the molecule is Cc1ccc(C(=O)NC(=O)NC(=O)c2ccc(C)c(Nc3cccc4c(S(=O)(=O)O)ccc(O)c34)c2)cc1Nc1cccc2c(S(=O)(=O)O)ccc(O)c12. The Morgan fingerprint density at radius 1 is 0.519 bits per heavy atom. The third-order valence-electron chi connectivity index (χ3n) is 8.51. The molecule has 0 saturated heterocycles. The molecule has 0 aliphatic carbocycles. The van der Waals surface area contributed by atoms with Crippen LogP contribution in [0.1, 0.15) is 31.8 Å². The molecule has 0 aliphatic heterocycles. The molecule has 0 heterocycles. The monoisotopic (exact) mass is 770 g/mol. The van der Waals surface area contributed by atoms with Crippen molar-refractivity contribution in [2.24, 2.45) is 0 Å². The first-order chi connectivity index (χ1) is 25.4. The fraction of sp³-hybridized carbons (Fsp3) is 0.0541. The molecule has 0 radical (unpaired) electrons. The summed E-state index contributed by atoms with van der Waals surface area (Å²) in [6.07, 6.45) is 0. The highest BCUT2D eigenvalue weighted by atomic mass is 32.2. The highest BCUT2D eigenvalue weighted by Crippen LogP contribution is 2.39. The van der Waals surface area contributed by atoms with E-state index in [1.165, 1.54) is 48.5 Å². The number of nitrogens with one attached hydrogen (secondary N) is 4. The van der Waals surface area contributed by atoms with E-state index in [0.29, 0.717) is 22.5 Å². The van der Waals surface area contributed by atoms with Crippen molar-refractivity contribution in [3.8, 4) is 11.5 Å². The minimum absolute atomic E-state index is 0.00565. The van der Waals surface area contributed by atoms with Crippen LogP contribution in [0, 0.1) is 13.8 Å². The molecule has 0 saturated carbocycles. The van der Waals surface area contributed by atoms with Crippen LogP contribution in [0.2, 0.25) is 0 Å². The van der Waals surface area contributed by atoms with Crippen molar-refractivity contribution >= 4 is 82.4 Å². The number of amides is 4. The van der Waals surface area contributed by atoms with Gasteiger partial charge in [-0.05, 0) is 85.6 Å². The number of imide groups is 2. The Morgan fingerprint density at radius 2 is 0.907 bits per heavy atom. The van der Waals surface area contributed by atoms with Crippen molar-refractivity contribution in [3.63, 3.8) is 0 Å². The Balaban J connectivity index is 1.18. The minimum atomic E-state index is -4.62. The number of fused-ring (bicyclic) bond motifs is 2. The second-order valence-electron chi connectivity index (χ2n) is 12.1. The zero-order chi connectivity index (χ0) is 39.1. The molecule has 8 N–H and O–H groups in total. The molecule has 0 spiro atoms. The van der Waals surface area contributed by atoms with Crippen LogP contribution in [-0.4, -0.2) is 54.0 Å². The predicted molar refractivity (Wildman–Crippen MR) is 200 cm³/mol. The number of urea groups is 1. The first kappa shape index (κ1) is 37.2. The van der Waals surface area contributed by atoms with Gasteiger partial charge in [0.25, 0.3) is 32.1 Å². The van der Waals surface area contributed by atoms with Crippen LogP contribution in [0.3, 0.4) is 0 Å². The molecule has 0 aromatic heterocycles. The standard InChI is InChI=1S/C37H30N4O11S2/c1-19-9-11-21(17-27(19)38-25-7-3-5-23-31(53(47,48)49)15-13-29(42)33(23)25)35(44)40-37(46)41-36(45)22-12-10-20(2)28(18-22)39-26-8-4-6-24-32(54(50,51)52)16-14-30(43)34(24)26/h3-18,38-39,42-43H,1-2H3,(H,47,48,49)(H,50,51,52)(H2,40,41,44,45,46). The number of carbonyl (C=O) groups is 3. The maximum atomic E-state index is 13.1. The molecule has 0 unspecified atom stereocenters. The van der Waals surface area contributed by atoms with Crippen molar-refractivity contribution in [2.75, 3.05) is 10.6 Å². The maximum Gasteiger partial charge on any atom is 0.328 e. The summed E-state index contributed by atoms with van der Waals surface area (Å²) in [5.74, 6) is -2.29. The largest absolute Gasteiger partial charge is 0.507 e. The van der Waals surface area contributed by atoms with Gasteiger partial charge >= 0.3 is 6.03 Å². The van der Waals surface area contributed by atoms with E-state index in [0.717, 1.165) is 24.3 Å². The summed E-state index contributed by atoms with van der Waals surface area (Å²) < 4.78 is 67.1. The van der Waals surface area contributed by atoms with E-state index in [1.807, 2.05) is 0 Å². The summed E-state index contributed by atoms with van der Waals surface area (Å²) in [5, 5.41) is 31.7. The Morgan fingerprint density at radius 3 is 1.28 bits per heavy atom. The second kappa shape index (κ2) is 14.1. The number of phenols is 2. The van der Waals surface area contributed by atoms with E-state index in [9.17, 15) is 50.5 Å². The van der Waals surface area contributed by atoms with Crippen LogP contribution in [0.15, 0.2) is 107 Å². The van der Waals surface area contributed by atoms with Crippen LogP contribution in [0.25, 0.3) is 21.5 Å². The van der Waals surface area contributed by atoms with E-state index in [4.69, 9.17) is 0 Å². The highest BCUT2D eigenvalue weighted by molar-refractivity contribution is 7.86. The first-order valence-corrected chi connectivity index (χ1v) is 18.7. The van der Waals surface area contributed by atoms with Crippen molar-refractivity contribution in [2.45, 2.75) is 23.6 Å². The average molecular weight is 771 g/mol. The second-order valence-corrected chi connectivity index (χ2v) is 14.9. The van der Waals surface area contributed by atoms with Crippen LogP contribution in [-0.2, 0) is 20.2 Å². The molecule has 0 fully saturated rings. The quantitative estimate of drug-likeness (QED) is 0.0795. The smallest absolute Gasteiger partial charge is 0.328 e. The van der Waals surface area contributed by atoms with Crippen molar-refractivity contribution in [1.29, 1.82) is 0 Å². The van der Waals surface area contributed by atoms with Crippen LogP contribution < -0.4 is 21.3 Å². The molecule has 4 amide bonds. The third kappa shape index (κ3) is 7.50. The number of hydrogen-bond donors (Lipinski definition) is 8. The van der Waals surface area contributed by atoms with Crippen molar-refractivity contribution < 1.29 is 50.5 Å². The zero-order valence-corrected chi connectivity index (χ0v) is 29.8. The molecule has 0 bridgehead atoms. The lowest BCUT2D eigenvalue weighted by molar-refractivity contribution is 0.0944. The lowest BCUT2D eigenvalue weighted by Gasteiger charge is -2.16. The molecule has 15 nitrogen and oxygen atoms in total. The fourth-order valence-electron chi connectivity index (χ4n) is 5.85. The number of hydrogen-bond acceptors (Lipinski definition) is 11. The van der Waals surface area contributed by atoms with Crippen molar-refractivity contribution in [3.05, 3.63) is 119 Å². The number of benzene rings is 6.